The van der Waals surface area contributed by atoms with E-state index in [-0.39, 0.29) is 0 Å². The zero-order valence-corrected chi connectivity index (χ0v) is 13.9. The van der Waals surface area contributed by atoms with Gasteiger partial charge in [0.15, 0.2) is 0 Å². The van der Waals surface area contributed by atoms with Gasteiger partial charge in [-0.1, -0.05) is 12.1 Å². The fourth-order valence-corrected chi connectivity index (χ4v) is 3.75. The third-order valence-electron chi connectivity index (χ3n) is 2.13. The zero-order chi connectivity index (χ0) is 11.0. The van der Waals surface area contributed by atoms with Crippen LogP contribution in [0, 0.1) is 10.7 Å². The number of carbonyl (C=O) groups excluding carboxylic acids is 1. The van der Waals surface area contributed by atoms with Crippen molar-refractivity contribution in [3.63, 3.8) is 0 Å². The van der Waals surface area contributed by atoms with Crippen LogP contribution in [0.15, 0.2) is 24.3 Å². The molecule has 0 amide bonds. The van der Waals surface area contributed by atoms with Crippen molar-refractivity contribution in [1.82, 2.24) is 0 Å². The van der Waals surface area contributed by atoms with Crippen molar-refractivity contribution in [1.29, 1.82) is 0 Å². The Morgan fingerprint density at radius 1 is 1.00 bits per heavy atom. The molecule has 0 heterocycles. The summed E-state index contributed by atoms with van der Waals surface area (Å²) in [6.45, 7) is 0. The molecule has 0 unspecified atom stereocenters. The van der Waals surface area contributed by atoms with Gasteiger partial charge in [0.1, 0.15) is 6.29 Å². The summed E-state index contributed by atoms with van der Waals surface area (Å²) in [5.41, 5.74) is 0.732. The van der Waals surface area contributed by atoms with Crippen LogP contribution >= 0.6 is 67.8 Å². The molecule has 0 aromatic heterocycles. The molecule has 0 spiro atoms. The summed E-state index contributed by atoms with van der Waals surface area (Å²) >= 11 is 7.02. The van der Waals surface area contributed by atoms with Gasteiger partial charge in [-0.2, -0.15) is 0 Å². The number of benzene rings is 2. The van der Waals surface area contributed by atoms with Crippen LogP contribution in [0.2, 0.25) is 0 Å². The summed E-state index contributed by atoms with van der Waals surface area (Å²) in [4.78, 5) is 10.7. The normalized spacial score (nSPS) is 10.6. The molecule has 0 aliphatic heterocycles. The smallest absolute Gasteiger partial charge is 0.150 e. The number of rotatable bonds is 1. The molecule has 4 heteroatoms. The SMILES string of the molecule is O=Cc1ccc2c(I)c(I)c(I)cc2c1. The molecule has 0 N–H and O–H groups in total. The number of fused-ring (bicyclic) bond motifs is 1. The van der Waals surface area contributed by atoms with Gasteiger partial charge in [-0.25, -0.2) is 0 Å². The minimum atomic E-state index is 0.732. The summed E-state index contributed by atoms with van der Waals surface area (Å²) in [7, 11) is 0. The molecule has 0 fully saturated rings. The lowest BCUT2D eigenvalue weighted by atomic mass is 10.1. The second-order valence-corrected chi connectivity index (χ2v) is 6.40. The number of carbonyl (C=O) groups is 1. The van der Waals surface area contributed by atoms with E-state index in [1.165, 1.54) is 16.1 Å². The molecule has 2 aromatic rings. The highest BCUT2D eigenvalue weighted by Gasteiger charge is 2.07. The van der Waals surface area contributed by atoms with Crippen molar-refractivity contribution in [2.45, 2.75) is 0 Å². The first-order valence-electron chi connectivity index (χ1n) is 4.16. The minimum absolute atomic E-state index is 0.732. The van der Waals surface area contributed by atoms with Crippen molar-refractivity contribution >= 4 is 84.8 Å². The number of halogens is 3. The van der Waals surface area contributed by atoms with Gasteiger partial charge in [0.25, 0.3) is 0 Å². The lowest BCUT2D eigenvalue weighted by Gasteiger charge is -2.06. The predicted octanol–water partition coefficient (Wildman–Crippen LogP) is 4.47. The third kappa shape index (κ3) is 2.31. The first-order valence-corrected chi connectivity index (χ1v) is 7.39. The highest BCUT2D eigenvalue weighted by molar-refractivity contribution is 14.1. The van der Waals surface area contributed by atoms with E-state index >= 15 is 0 Å². The van der Waals surface area contributed by atoms with E-state index in [1.807, 2.05) is 18.2 Å². The van der Waals surface area contributed by atoms with Crippen LogP contribution in [-0.2, 0) is 0 Å². The fourth-order valence-electron chi connectivity index (χ4n) is 1.40. The Kier molecular flexibility index (Phi) is 3.87. The van der Waals surface area contributed by atoms with Gasteiger partial charge in [0.2, 0.25) is 0 Å². The maximum atomic E-state index is 10.7. The van der Waals surface area contributed by atoms with Crippen molar-refractivity contribution in [2.75, 3.05) is 0 Å². The molecule has 0 atom stereocenters. The molecule has 2 rings (SSSR count). The van der Waals surface area contributed by atoms with E-state index in [2.05, 4.69) is 73.8 Å². The molecular weight excluding hydrogens is 529 g/mol. The molecule has 1 nitrogen and oxygen atoms in total. The van der Waals surface area contributed by atoms with Gasteiger partial charge >= 0.3 is 0 Å². The van der Waals surface area contributed by atoms with E-state index in [4.69, 9.17) is 0 Å². The summed E-state index contributed by atoms with van der Waals surface area (Å²) in [5.74, 6) is 0. The maximum absolute atomic E-state index is 10.7. The van der Waals surface area contributed by atoms with Gasteiger partial charge in [-0.3, -0.25) is 4.79 Å². The van der Waals surface area contributed by atoms with E-state index in [1.54, 1.807) is 0 Å². The van der Waals surface area contributed by atoms with Crippen molar-refractivity contribution in [2.24, 2.45) is 0 Å². The van der Waals surface area contributed by atoms with Crippen LogP contribution in [0.4, 0.5) is 0 Å². The fraction of sp³-hybridized carbons (Fsp3) is 0. The standard InChI is InChI=1S/C11H5I3O/c12-9-4-7-3-6(5-15)1-2-8(7)10(13)11(9)14/h1-5H. The van der Waals surface area contributed by atoms with Crippen LogP contribution in [0.25, 0.3) is 10.8 Å². The Morgan fingerprint density at radius 3 is 2.40 bits per heavy atom. The Labute approximate surface area is 128 Å². The predicted molar refractivity (Wildman–Crippen MR) is 87.5 cm³/mol. The van der Waals surface area contributed by atoms with Crippen molar-refractivity contribution in [3.05, 3.63) is 40.5 Å². The second kappa shape index (κ2) is 4.82. The van der Waals surface area contributed by atoms with Gasteiger partial charge in [0.05, 0.1) is 0 Å². The molecular formula is C11H5I3O. The first-order chi connectivity index (χ1) is 7.13. The number of hydrogen-bond acceptors (Lipinski definition) is 1. The van der Waals surface area contributed by atoms with Crippen LogP contribution < -0.4 is 0 Å². The largest absolute Gasteiger partial charge is 0.298 e. The topological polar surface area (TPSA) is 17.1 Å². The van der Waals surface area contributed by atoms with Gasteiger partial charge < -0.3 is 0 Å². The molecule has 0 saturated heterocycles. The lowest BCUT2D eigenvalue weighted by Crippen LogP contribution is -1.89. The average Bonchev–Trinajstić information content (AvgIpc) is 2.25. The molecule has 76 valence electrons. The summed E-state index contributed by atoms with van der Waals surface area (Å²) in [6, 6.07) is 7.93. The van der Waals surface area contributed by atoms with E-state index in [0.29, 0.717) is 0 Å². The zero-order valence-electron chi connectivity index (χ0n) is 7.43. The van der Waals surface area contributed by atoms with Crippen LogP contribution in [-0.4, -0.2) is 6.29 Å². The van der Waals surface area contributed by atoms with E-state index < -0.39 is 0 Å². The van der Waals surface area contributed by atoms with Gasteiger partial charge in [-0.15, -0.1) is 0 Å². The number of aldehydes is 1. The first kappa shape index (κ1) is 12.0. The summed E-state index contributed by atoms with van der Waals surface area (Å²) in [5, 5.41) is 2.35. The maximum Gasteiger partial charge on any atom is 0.150 e. The van der Waals surface area contributed by atoms with E-state index in [0.717, 1.165) is 17.2 Å². The molecule has 2 aromatic carbocycles. The summed E-state index contributed by atoms with van der Waals surface area (Å²) < 4.78 is 3.76. The number of hydrogen-bond donors (Lipinski definition) is 0. The van der Waals surface area contributed by atoms with E-state index in [9.17, 15) is 4.79 Å². The van der Waals surface area contributed by atoms with Crippen LogP contribution in [0.5, 0.6) is 0 Å². The average molecular weight is 534 g/mol. The molecule has 15 heavy (non-hydrogen) atoms. The highest BCUT2D eigenvalue weighted by Crippen LogP contribution is 2.29. The molecule has 0 radical (unpaired) electrons. The van der Waals surface area contributed by atoms with Crippen LogP contribution in [0.1, 0.15) is 10.4 Å². The Bertz CT molecular complexity index is 549. The third-order valence-corrected chi connectivity index (χ3v) is 7.29. The Morgan fingerprint density at radius 2 is 1.73 bits per heavy atom. The Balaban J connectivity index is 2.86. The minimum Gasteiger partial charge on any atom is -0.298 e. The summed E-state index contributed by atoms with van der Waals surface area (Å²) in [6.07, 6.45) is 0.886. The molecule has 0 saturated carbocycles. The molecule has 0 aliphatic carbocycles. The second-order valence-electron chi connectivity index (χ2n) is 3.08. The molecule has 0 aliphatic rings. The lowest BCUT2D eigenvalue weighted by molar-refractivity contribution is 0.112. The van der Waals surface area contributed by atoms with Crippen molar-refractivity contribution in [3.8, 4) is 0 Å². The monoisotopic (exact) mass is 534 g/mol. The van der Waals surface area contributed by atoms with Crippen LogP contribution in [0.3, 0.4) is 0 Å². The van der Waals surface area contributed by atoms with Crippen molar-refractivity contribution < 1.29 is 4.79 Å². The van der Waals surface area contributed by atoms with Gasteiger partial charge in [0, 0.05) is 16.3 Å². The molecule has 0 bridgehead atoms. The van der Waals surface area contributed by atoms with Gasteiger partial charge in [-0.05, 0) is 90.7 Å². The quantitative estimate of drug-likeness (QED) is 0.300. The Hall–Kier alpha value is 0.560. The highest BCUT2D eigenvalue weighted by atomic mass is 127.